The van der Waals surface area contributed by atoms with Crippen LogP contribution in [-0.4, -0.2) is 24.0 Å². The Labute approximate surface area is 108 Å². The zero-order chi connectivity index (χ0) is 12.8. The maximum Gasteiger partial charge on any atom is 0.123 e. The number of piperidine rings is 1. The first kappa shape index (κ1) is 12.1. The van der Waals surface area contributed by atoms with Gasteiger partial charge >= 0.3 is 0 Å². The summed E-state index contributed by atoms with van der Waals surface area (Å²) in [5.41, 5.74) is 7.26. The highest BCUT2D eigenvalue weighted by Crippen LogP contribution is 2.41. The van der Waals surface area contributed by atoms with E-state index in [0.29, 0.717) is 0 Å². The first-order chi connectivity index (χ1) is 8.60. The van der Waals surface area contributed by atoms with Crippen LogP contribution in [-0.2, 0) is 5.54 Å². The smallest absolute Gasteiger partial charge is 0.123 e. The molecule has 3 saturated heterocycles. The number of nitrogens with two attached hydrogens (primary N) is 1. The van der Waals surface area contributed by atoms with Gasteiger partial charge in [-0.15, -0.1) is 0 Å². The van der Waals surface area contributed by atoms with E-state index < -0.39 is 0 Å². The fourth-order valence-corrected chi connectivity index (χ4v) is 3.66. The Balaban J connectivity index is 2.05. The van der Waals surface area contributed by atoms with Crippen molar-refractivity contribution in [3.8, 4) is 0 Å². The van der Waals surface area contributed by atoms with Crippen LogP contribution >= 0.6 is 0 Å². The number of hydrogen-bond acceptors (Lipinski definition) is 2. The van der Waals surface area contributed by atoms with Crippen molar-refractivity contribution in [2.45, 2.75) is 37.8 Å². The lowest BCUT2D eigenvalue weighted by Gasteiger charge is -2.44. The summed E-state index contributed by atoms with van der Waals surface area (Å²) in [4.78, 5) is 2.45. The van der Waals surface area contributed by atoms with Gasteiger partial charge in [-0.05, 0) is 62.9 Å². The van der Waals surface area contributed by atoms with Crippen molar-refractivity contribution >= 4 is 0 Å². The lowest BCUT2D eigenvalue weighted by atomic mass is 9.82. The Kier molecular flexibility index (Phi) is 2.91. The molecule has 2 nitrogen and oxygen atoms in total. The Morgan fingerprint density at radius 2 is 2.06 bits per heavy atom. The number of hydrogen-bond donors (Lipinski definition) is 1. The highest BCUT2D eigenvalue weighted by molar-refractivity contribution is 5.28. The quantitative estimate of drug-likeness (QED) is 0.827. The third-order valence-electron chi connectivity index (χ3n) is 4.99. The molecule has 2 unspecified atom stereocenters. The Hall–Kier alpha value is -0.930. The standard InChI is InChI=1S/C15H21FN2/c1-15(12-3-2-4-13(16)10-12)14(17)9-11-5-7-18(15)8-6-11/h2-4,10-11,14H,5-9,17H2,1H3. The number of halogens is 1. The molecule has 3 heteroatoms. The van der Waals surface area contributed by atoms with Crippen LogP contribution < -0.4 is 5.73 Å². The van der Waals surface area contributed by atoms with Crippen molar-refractivity contribution in [3.05, 3.63) is 35.6 Å². The monoisotopic (exact) mass is 248 g/mol. The highest BCUT2D eigenvalue weighted by atomic mass is 19.1. The Bertz CT molecular complexity index is 440. The zero-order valence-electron chi connectivity index (χ0n) is 10.9. The van der Waals surface area contributed by atoms with Crippen LogP contribution in [0.25, 0.3) is 0 Å². The summed E-state index contributed by atoms with van der Waals surface area (Å²) in [7, 11) is 0. The minimum atomic E-state index is -0.215. The average Bonchev–Trinajstić information content (AvgIpc) is 2.56. The zero-order valence-corrected chi connectivity index (χ0v) is 10.9. The second-order valence-electron chi connectivity index (χ2n) is 5.93. The second-order valence-corrected chi connectivity index (χ2v) is 5.93. The van der Waals surface area contributed by atoms with E-state index in [-0.39, 0.29) is 17.4 Å². The minimum absolute atomic E-state index is 0.0919. The van der Waals surface area contributed by atoms with Gasteiger partial charge in [-0.3, -0.25) is 4.90 Å². The predicted molar refractivity (Wildman–Crippen MR) is 70.6 cm³/mol. The summed E-state index contributed by atoms with van der Waals surface area (Å²) < 4.78 is 13.5. The van der Waals surface area contributed by atoms with Gasteiger partial charge in [0.25, 0.3) is 0 Å². The van der Waals surface area contributed by atoms with E-state index in [0.717, 1.165) is 31.0 Å². The van der Waals surface area contributed by atoms with E-state index in [1.165, 1.54) is 18.9 Å². The molecule has 0 aliphatic carbocycles. The van der Waals surface area contributed by atoms with Gasteiger partial charge in [0.2, 0.25) is 0 Å². The van der Waals surface area contributed by atoms with E-state index >= 15 is 0 Å². The van der Waals surface area contributed by atoms with Crippen LogP contribution in [0.5, 0.6) is 0 Å². The molecule has 2 N–H and O–H groups in total. The molecule has 0 aromatic heterocycles. The van der Waals surface area contributed by atoms with Gasteiger partial charge in [-0.1, -0.05) is 12.1 Å². The lowest BCUT2D eigenvalue weighted by Crippen LogP contribution is -2.54. The Morgan fingerprint density at radius 3 is 2.72 bits per heavy atom. The molecule has 0 amide bonds. The third-order valence-corrected chi connectivity index (χ3v) is 4.99. The Morgan fingerprint density at radius 1 is 1.33 bits per heavy atom. The van der Waals surface area contributed by atoms with Crippen LogP contribution in [0, 0.1) is 11.7 Å². The van der Waals surface area contributed by atoms with E-state index in [9.17, 15) is 4.39 Å². The predicted octanol–water partition coefficient (Wildman–Crippen LogP) is 2.48. The van der Waals surface area contributed by atoms with Gasteiger partial charge in [0.1, 0.15) is 5.82 Å². The molecule has 4 rings (SSSR count). The first-order valence-corrected chi connectivity index (χ1v) is 6.87. The molecule has 18 heavy (non-hydrogen) atoms. The number of nitrogens with zero attached hydrogens (tertiary/aromatic N) is 1. The summed E-state index contributed by atoms with van der Waals surface area (Å²) >= 11 is 0. The molecule has 1 aromatic rings. The molecule has 2 bridgehead atoms. The summed E-state index contributed by atoms with van der Waals surface area (Å²) in [6.07, 6.45) is 3.53. The van der Waals surface area contributed by atoms with Crippen molar-refractivity contribution in [1.29, 1.82) is 0 Å². The SMILES string of the molecule is CC1(c2cccc(F)c2)C(N)CC2CCN1CC2. The van der Waals surface area contributed by atoms with Crippen LogP contribution in [0.2, 0.25) is 0 Å². The van der Waals surface area contributed by atoms with Gasteiger partial charge in [-0.2, -0.15) is 0 Å². The minimum Gasteiger partial charge on any atom is -0.326 e. The third kappa shape index (κ3) is 1.77. The fourth-order valence-electron chi connectivity index (χ4n) is 3.66. The van der Waals surface area contributed by atoms with Gasteiger partial charge < -0.3 is 5.73 Å². The van der Waals surface area contributed by atoms with E-state index in [2.05, 4.69) is 11.8 Å². The van der Waals surface area contributed by atoms with Crippen LogP contribution in [0.15, 0.2) is 24.3 Å². The lowest BCUT2D eigenvalue weighted by molar-refractivity contribution is 0.0798. The summed E-state index contributed by atoms with van der Waals surface area (Å²) in [6.45, 7) is 4.36. The molecular formula is C15H21FN2. The fraction of sp³-hybridized carbons (Fsp3) is 0.600. The molecule has 3 fully saturated rings. The number of fused-ring (bicyclic) bond motifs is 4. The van der Waals surface area contributed by atoms with E-state index in [4.69, 9.17) is 5.73 Å². The molecular weight excluding hydrogens is 227 g/mol. The number of rotatable bonds is 1. The van der Waals surface area contributed by atoms with Crippen molar-refractivity contribution in [1.82, 2.24) is 4.90 Å². The molecule has 1 aromatic carbocycles. The molecule has 3 heterocycles. The molecule has 0 radical (unpaired) electrons. The van der Waals surface area contributed by atoms with Gasteiger partial charge in [-0.25, -0.2) is 4.39 Å². The molecule has 0 saturated carbocycles. The van der Waals surface area contributed by atoms with Crippen molar-refractivity contribution in [2.24, 2.45) is 11.7 Å². The average molecular weight is 248 g/mol. The van der Waals surface area contributed by atoms with Crippen molar-refractivity contribution < 1.29 is 4.39 Å². The van der Waals surface area contributed by atoms with Crippen LogP contribution in [0.4, 0.5) is 4.39 Å². The van der Waals surface area contributed by atoms with Crippen LogP contribution in [0.3, 0.4) is 0 Å². The molecule has 2 atom stereocenters. The summed E-state index contributed by atoms with van der Waals surface area (Å²) in [5, 5.41) is 0. The number of benzene rings is 1. The van der Waals surface area contributed by atoms with E-state index in [1.807, 2.05) is 6.07 Å². The van der Waals surface area contributed by atoms with Gasteiger partial charge in [0.05, 0.1) is 5.54 Å². The van der Waals surface area contributed by atoms with Crippen molar-refractivity contribution in [3.63, 3.8) is 0 Å². The highest BCUT2D eigenvalue weighted by Gasteiger charge is 2.45. The maximum absolute atomic E-state index is 13.5. The summed E-state index contributed by atoms with van der Waals surface area (Å²) in [5.74, 6) is 0.590. The van der Waals surface area contributed by atoms with Crippen molar-refractivity contribution in [2.75, 3.05) is 13.1 Å². The van der Waals surface area contributed by atoms with E-state index in [1.54, 1.807) is 12.1 Å². The molecule has 3 aliphatic rings. The summed E-state index contributed by atoms with van der Waals surface area (Å²) in [6, 6.07) is 7.05. The van der Waals surface area contributed by atoms with Gasteiger partial charge in [0, 0.05) is 6.04 Å². The molecule has 98 valence electrons. The second kappa shape index (κ2) is 4.32. The molecule has 3 aliphatic heterocycles. The van der Waals surface area contributed by atoms with Crippen LogP contribution in [0.1, 0.15) is 31.7 Å². The van der Waals surface area contributed by atoms with Gasteiger partial charge in [0.15, 0.2) is 0 Å². The normalized spacial score (nSPS) is 39.6. The first-order valence-electron chi connectivity index (χ1n) is 6.87. The largest absolute Gasteiger partial charge is 0.326 e. The topological polar surface area (TPSA) is 29.3 Å². The molecule has 0 spiro atoms. The maximum atomic E-state index is 13.5.